The lowest BCUT2D eigenvalue weighted by Gasteiger charge is -2.09. The number of unbranched alkanes of at least 4 members (excludes halogenated alkanes) is 1. The van der Waals surface area contributed by atoms with Crippen molar-refractivity contribution < 1.29 is 94.5 Å². The van der Waals surface area contributed by atoms with E-state index in [1.165, 1.54) is 24.3 Å². The van der Waals surface area contributed by atoms with Crippen LogP contribution in [-0.4, -0.2) is 67.4 Å². The first kappa shape index (κ1) is 52.7. The molecule has 0 aliphatic heterocycles. The minimum Gasteiger partial charge on any atom is -0.408 e. The van der Waals surface area contributed by atoms with Crippen LogP contribution in [0.2, 0.25) is 0 Å². The fraction of sp³-hybridized carbons (Fsp3) is 0.289. The van der Waals surface area contributed by atoms with Gasteiger partial charge in [0.15, 0.2) is 0 Å². The lowest BCUT2D eigenvalue weighted by molar-refractivity contribution is -0.275. The average Bonchev–Trinajstić information content (AvgIpc) is 4.01. The quantitative estimate of drug-likeness (QED) is 0.0914. The summed E-state index contributed by atoms with van der Waals surface area (Å²) in [5.41, 5.74) is -0.385. The second-order valence-corrected chi connectivity index (χ2v) is 13.2. The normalized spacial score (nSPS) is 11.6. The largest absolute Gasteiger partial charge is 0.573 e. The first-order valence-electron chi connectivity index (χ1n) is 18.7. The van der Waals surface area contributed by atoms with E-state index in [2.05, 4.69) is 59.9 Å². The van der Waals surface area contributed by atoms with E-state index < -0.39 is 72.1 Å². The summed E-state index contributed by atoms with van der Waals surface area (Å²) in [6.07, 6.45) is -17.1. The molecule has 0 fully saturated rings. The summed E-state index contributed by atoms with van der Waals surface area (Å²) in [4.78, 5) is 35.6. The molecule has 30 heteroatoms. The molecule has 68 heavy (non-hydrogen) atoms. The van der Waals surface area contributed by atoms with Crippen LogP contribution in [0.15, 0.2) is 86.0 Å². The van der Waals surface area contributed by atoms with Gasteiger partial charge in [-0.2, -0.15) is 13.2 Å². The molecule has 3 amide bonds. The third-order valence-electron chi connectivity index (χ3n) is 7.46. The Labute approximate surface area is 372 Å². The number of alkyl halides is 12. The van der Waals surface area contributed by atoms with Gasteiger partial charge in [-0.1, -0.05) is 60.7 Å². The zero-order valence-corrected chi connectivity index (χ0v) is 34.5. The molecule has 3 aromatic heterocycles. The number of benzene rings is 3. The fourth-order valence-electron chi connectivity index (χ4n) is 4.65. The molecule has 3 heterocycles. The molecular weight excluding hydrogens is 954 g/mol. The maximum Gasteiger partial charge on any atom is 0.573 e. The van der Waals surface area contributed by atoms with Gasteiger partial charge >= 0.3 is 49.2 Å². The number of nitrogens with zero attached hydrogens (tertiary/aromatic N) is 6. The van der Waals surface area contributed by atoms with E-state index in [1.54, 1.807) is 0 Å². The van der Waals surface area contributed by atoms with Gasteiger partial charge in [-0.05, 0) is 61.0 Å². The van der Waals surface area contributed by atoms with Crippen LogP contribution in [0.1, 0.15) is 88.3 Å². The van der Waals surface area contributed by atoms with Gasteiger partial charge in [0, 0.05) is 29.0 Å². The number of amides is 3. The van der Waals surface area contributed by atoms with Gasteiger partial charge in [0.2, 0.25) is 11.8 Å². The number of hydrogen-bond acceptors (Lipinski definition) is 15. The molecule has 0 radical (unpaired) electrons. The predicted molar refractivity (Wildman–Crippen MR) is 204 cm³/mol. The topological polar surface area (TPSA) is 232 Å². The minimum absolute atomic E-state index is 0.0123. The van der Waals surface area contributed by atoms with Crippen molar-refractivity contribution >= 4 is 35.8 Å². The zero-order valence-electron chi connectivity index (χ0n) is 34.5. The third-order valence-corrected chi connectivity index (χ3v) is 7.46. The smallest absolute Gasteiger partial charge is 0.408 e. The molecule has 0 aliphatic carbocycles. The molecule has 366 valence electrons. The van der Waals surface area contributed by atoms with Crippen molar-refractivity contribution in [1.82, 2.24) is 30.6 Å². The summed E-state index contributed by atoms with van der Waals surface area (Å²) < 4.78 is 172. The molecule has 6 rings (SSSR count). The number of rotatable bonds is 13. The van der Waals surface area contributed by atoms with Gasteiger partial charge < -0.3 is 27.5 Å². The number of ether oxygens (including phenoxy) is 3. The molecule has 18 nitrogen and oxygen atoms in total. The Morgan fingerprint density at radius 3 is 1.28 bits per heavy atom. The number of halogens is 12. The number of anilines is 3. The van der Waals surface area contributed by atoms with Crippen LogP contribution in [-0.2, 0) is 12.6 Å². The van der Waals surface area contributed by atoms with Crippen molar-refractivity contribution in [2.45, 2.75) is 71.2 Å². The molecule has 0 saturated carbocycles. The molecule has 0 unspecified atom stereocenters. The Hall–Kier alpha value is -7.95. The standard InChI is InChI=1S/C14H14F3N3O3.C13H12F3N3O3.C11H5F6N3O3/c1-2-3-7-11-19-20-13(22-11)18-12(21)9-5-4-6-10(8-9)23-14(15,16)17;1-7(2)11-18-19-12(21-11)17-10(20)8-4-3-5-9(6-8)22-13(14,15)16;12-10(13,14)8-19-20-9(22-8)18-7(21)5-2-1-3-6(4-5)23-11(15,16)17/h4-6,8H,2-3,7H2,1H3,(H,18,20,21);3-7H,1-2H3,(H,17,19,20);1-4H,(H,18,20,21). The number of aromatic nitrogens is 6. The van der Waals surface area contributed by atoms with E-state index in [9.17, 15) is 67.1 Å². The van der Waals surface area contributed by atoms with Crippen molar-refractivity contribution in [2.24, 2.45) is 0 Å². The first-order valence-corrected chi connectivity index (χ1v) is 18.7. The van der Waals surface area contributed by atoms with Crippen LogP contribution in [0, 0.1) is 0 Å². The Bertz CT molecular complexity index is 2610. The summed E-state index contributed by atoms with van der Waals surface area (Å²) in [5.74, 6) is -5.05. The molecule has 3 aromatic carbocycles. The van der Waals surface area contributed by atoms with Crippen LogP contribution in [0.4, 0.5) is 70.7 Å². The van der Waals surface area contributed by atoms with Gasteiger partial charge in [-0.15, -0.1) is 54.8 Å². The summed E-state index contributed by atoms with van der Waals surface area (Å²) in [6, 6.07) is 12.1. The molecule has 0 bridgehead atoms. The second-order valence-electron chi connectivity index (χ2n) is 13.2. The van der Waals surface area contributed by atoms with Crippen LogP contribution >= 0.6 is 0 Å². The monoisotopic (exact) mass is 985 g/mol. The van der Waals surface area contributed by atoms with Crippen LogP contribution in [0.5, 0.6) is 17.2 Å². The molecule has 0 saturated heterocycles. The number of nitrogens with one attached hydrogen (secondary N) is 3. The van der Waals surface area contributed by atoms with Gasteiger partial charge in [-0.3, -0.25) is 30.3 Å². The Balaban J connectivity index is 0.000000222. The van der Waals surface area contributed by atoms with E-state index >= 15 is 0 Å². The highest BCUT2D eigenvalue weighted by molar-refractivity contribution is 6.04. The first-order chi connectivity index (χ1) is 31.7. The highest BCUT2D eigenvalue weighted by Crippen LogP contribution is 2.30. The van der Waals surface area contributed by atoms with Crippen molar-refractivity contribution in [1.29, 1.82) is 0 Å². The Morgan fingerprint density at radius 1 is 0.544 bits per heavy atom. The molecule has 0 atom stereocenters. The van der Waals surface area contributed by atoms with Crippen LogP contribution < -0.4 is 30.2 Å². The summed E-state index contributed by atoms with van der Waals surface area (Å²) >= 11 is 0. The number of carbonyl (C=O) groups is 3. The maximum absolute atomic E-state index is 12.2. The number of carbonyl (C=O) groups excluding carboxylic acids is 3. The van der Waals surface area contributed by atoms with Gasteiger partial charge in [0.1, 0.15) is 17.2 Å². The highest BCUT2D eigenvalue weighted by Gasteiger charge is 2.38. The van der Waals surface area contributed by atoms with E-state index in [1.807, 2.05) is 26.1 Å². The van der Waals surface area contributed by atoms with Gasteiger partial charge in [-0.25, -0.2) is 0 Å². The predicted octanol–water partition coefficient (Wildman–Crippen LogP) is 10.1. The lowest BCUT2D eigenvalue weighted by atomic mass is 10.2. The average molecular weight is 986 g/mol. The molecule has 0 aliphatic rings. The van der Waals surface area contributed by atoms with E-state index in [4.69, 9.17) is 8.83 Å². The summed E-state index contributed by atoms with van der Waals surface area (Å²) in [5, 5.41) is 26.8. The summed E-state index contributed by atoms with van der Waals surface area (Å²) in [6.45, 7) is 5.67. The SMILES string of the molecule is CC(C)c1nnc(NC(=O)c2cccc(OC(F)(F)F)c2)o1.CCCCc1nnc(NC(=O)c2cccc(OC(F)(F)F)c2)o1.O=C(Nc1nnc(C(F)(F)F)o1)c1cccc(OC(F)(F)F)c1. The zero-order chi connectivity index (χ0) is 50.5. The molecule has 0 spiro atoms. The summed E-state index contributed by atoms with van der Waals surface area (Å²) in [7, 11) is 0. The van der Waals surface area contributed by atoms with E-state index in [0.717, 1.165) is 61.4 Å². The Kier molecular flexibility index (Phi) is 17.4. The molecule has 6 aromatic rings. The van der Waals surface area contributed by atoms with Crippen molar-refractivity contribution in [2.75, 3.05) is 16.0 Å². The second kappa shape index (κ2) is 22.5. The minimum atomic E-state index is -4.96. The van der Waals surface area contributed by atoms with Crippen molar-refractivity contribution in [3.05, 3.63) is 107 Å². The van der Waals surface area contributed by atoms with Crippen LogP contribution in [0.25, 0.3) is 0 Å². The molecular formula is C38H31F12N9O9. The van der Waals surface area contributed by atoms with Gasteiger partial charge in [0.25, 0.3) is 17.7 Å². The Morgan fingerprint density at radius 2 is 0.926 bits per heavy atom. The van der Waals surface area contributed by atoms with Crippen molar-refractivity contribution in [3.8, 4) is 17.2 Å². The lowest BCUT2D eigenvalue weighted by Crippen LogP contribution is -2.18. The van der Waals surface area contributed by atoms with Gasteiger partial charge in [0.05, 0.1) is 0 Å². The fourth-order valence-corrected chi connectivity index (χ4v) is 4.65. The van der Waals surface area contributed by atoms with E-state index in [0.29, 0.717) is 18.2 Å². The maximum atomic E-state index is 12.2. The third kappa shape index (κ3) is 18.1. The van der Waals surface area contributed by atoms with Crippen LogP contribution in [0.3, 0.4) is 0 Å². The number of hydrogen-bond donors (Lipinski definition) is 3. The van der Waals surface area contributed by atoms with E-state index in [-0.39, 0.29) is 34.6 Å². The van der Waals surface area contributed by atoms with Crippen molar-refractivity contribution in [3.63, 3.8) is 0 Å². The molecule has 3 N–H and O–H groups in total. The number of aryl methyl sites for hydroxylation is 1. The highest BCUT2D eigenvalue weighted by atomic mass is 19.4.